The van der Waals surface area contributed by atoms with Crippen molar-refractivity contribution >= 4 is 11.9 Å². The van der Waals surface area contributed by atoms with Crippen LogP contribution in [0.3, 0.4) is 0 Å². The predicted octanol–water partition coefficient (Wildman–Crippen LogP) is 5.16. The second kappa shape index (κ2) is 12.4. The van der Waals surface area contributed by atoms with Crippen LogP contribution in [-0.2, 0) is 25.5 Å². The Kier molecular flexibility index (Phi) is 10.6. The van der Waals surface area contributed by atoms with Gasteiger partial charge in [-0.15, -0.1) is 0 Å². The number of esters is 2. The number of ether oxygens (including phenoxy) is 3. The topological polar surface area (TPSA) is 61.8 Å². The lowest BCUT2D eigenvalue weighted by atomic mass is 10.0. The van der Waals surface area contributed by atoms with Crippen LogP contribution in [0.2, 0.25) is 0 Å². The van der Waals surface area contributed by atoms with Gasteiger partial charge in [-0.05, 0) is 71.1 Å². The van der Waals surface area contributed by atoms with Gasteiger partial charge in [0.25, 0.3) is 0 Å². The molecule has 1 rings (SSSR count). The van der Waals surface area contributed by atoms with E-state index in [1.54, 1.807) is 20.8 Å². The summed E-state index contributed by atoms with van der Waals surface area (Å²) in [6, 6.07) is 6.17. The summed E-state index contributed by atoms with van der Waals surface area (Å²) in [7, 11) is 0. The molecule has 0 atom stereocenters. The molecule has 0 saturated heterocycles. The van der Waals surface area contributed by atoms with E-state index in [1.807, 2.05) is 26.0 Å². The molecule has 0 N–H and O–H groups in total. The Morgan fingerprint density at radius 2 is 1.57 bits per heavy atom. The molecule has 0 saturated carbocycles. The standard InChI is InChI=1S/C23H36O5/c1-6-26-21(24)14-12-10-8-9-11-13-19-16-15-18(3)20(17-19)28-23(4,5)22(25)27-7-2/h15-17H,6-14H2,1-5H3. The number of hydrogen-bond acceptors (Lipinski definition) is 5. The van der Waals surface area contributed by atoms with E-state index in [4.69, 9.17) is 14.2 Å². The molecule has 5 heteroatoms. The molecule has 0 aromatic heterocycles. The van der Waals surface area contributed by atoms with Crippen LogP contribution in [0, 0.1) is 6.92 Å². The first-order valence-electron chi connectivity index (χ1n) is 10.4. The van der Waals surface area contributed by atoms with Crippen LogP contribution in [0.1, 0.15) is 77.3 Å². The molecule has 0 bridgehead atoms. The van der Waals surface area contributed by atoms with Gasteiger partial charge in [-0.1, -0.05) is 31.4 Å². The minimum absolute atomic E-state index is 0.0968. The van der Waals surface area contributed by atoms with Crippen molar-refractivity contribution in [2.45, 2.75) is 85.2 Å². The van der Waals surface area contributed by atoms with Crippen molar-refractivity contribution in [1.29, 1.82) is 0 Å². The highest BCUT2D eigenvalue weighted by Gasteiger charge is 2.32. The molecule has 158 valence electrons. The summed E-state index contributed by atoms with van der Waals surface area (Å²) >= 11 is 0. The van der Waals surface area contributed by atoms with Gasteiger partial charge in [-0.2, -0.15) is 0 Å². The molecular weight excluding hydrogens is 356 g/mol. The molecule has 0 aliphatic carbocycles. The minimum Gasteiger partial charge on any atom is -0.476 e. The SMILES string of the molecule is CCOC(=O)CCCCCCCc1ccc(C)c(OC(C)(C)C(=O)OCC)c1. The van der Waals surface area contributed by atoms with Crippen molar-refractivity contribution in [3.05, 3.63) is 29.3 Å². The normalized spacial score (nSPS) is 11.2. The summed E-state index contributed by atoms with van der Waals surface area (Å²) in [5, 5.41) is 0. The first-order valence-corrected chi connectivity index (χ1v) is 10.4. The highest BCUT2D eigenvalue weighted by molar-refractivity contribution is 5.79. The number of unbranched alkanes of at least 4 members (excludes halogenated alkanes) is 4. The van der Waals surface area contributed by atoms with E-state index in [2.05, 4.69) is 6.07 Å². The number of benzene rings is 1. The molecule has 0 aliphatic heterocycles. The van der Waals surface area contributed by atoms with Gasteiger partial charge in [0, 0.05) is 6.42 Å². The lowest BCUT2D eigenvalue weighted by Gasteiger charge is -2.25. The van der Waals surface area contributed by atoms with Gasteiger partial charge in [0.15, 0.2) is 5.60 Å². The van der Waals surface area contributed by atoms with Crippen LogP contribution in [0.25, 0.3) is 0 Å². The van der Waals surface area contributed by atoms with Gasteiger partial charge in [0.2, 0.25) is 0 Å². The van der Waals surface area contributed by atoms with Crippen LogP contribution < -0.4 is 4.74 Å². The summed E-state index contributed by atoms with van der Waals surface area (Å²) in [6.07, 6.45) is 6.76. The van der Waals surface area contributed by atoms with Crippen LogP contribution in [0.5, 0.6) is 5.75 Å². The lowest BCUT2D eigenvalue weighted by molar-refractivity contribution is -0.158. The number of aryl methyl sites for hydroxylation is 2. The third kappa shape index (κ3) is 8.77. The molecule has 0 amide bonds. The van der Waals surface area contributed by atoms with Gasteiger partial charge < -0.3 is 14.2 Å². The molecule has 0 unspecified atom stereocenters. The molecule has 0 aliphatic rings. The van der Waals surface area contributed by atoms with Crippen molar-refractivity contribution in [2.75, 3.05) is 13.2 Å². The molecule has 0 spiro atoms. The van der Waals surface area contributed by atoms with Crippen LogP contribution in [-0.4, -0.2) is 30.8 Å². The largest absolute Gasteiger partial charge is 0.476 e. The maximum atomic E-state index is 12.1. The van der Waals surface area contributed by atoms with Crippen LogP contribution >= 0.6 is 0 Å². The second-order valence-electron chi connectivity index (χ2n) is 7.51. The molecule has 1 aromatic rings. The Morgan fingerprint density at radius 1 is 0.929 bits per heavy atom. The molecule has 5 nitrogen and oxygen atoms in total. The minimum atomic E-state index is -1.02. The first kappa shape index (κ1) is 24.0. The maximum absolute atomic E-state index is 12.1. The van der Waals surface area contributed by atoms with E-state index >= 15 is 0 Å². The molecule has 0 radical (unpaired) electrons. The van der Waals surface area contributed by atoms with E-state index in [1.165, 1.54) is 5.56 Å². The van der Waals surface area contributed by atoms with Gasteiger partial charge in [0.05, 0.1) is 13.2 Å². The van der Waals surface area contributed by atoms with Gasteiger partial charge in [0.1, 0.15) is 5.75 Å². The number of carbonyl (C=O) groups excluding carboxylic acids is 2. The quantitative estimate of drug-likeness (QED) is 0.343. The summed E-state index contributed by atoms with van der Waals surface area (Å²) in [5.74, 6) is 0.271. The van der Waals surface area contributed by atoms with Crippen molar-refractivity contribution in [2.24, 2.45) is 0 Å². The van der Waals surface area contributed by atoms with Crippen molar-refractivity contribution in [1.82, 2.24) is 0 Å². The maximum Gasteiger partial charge on any atom is 0.349 e. The summed E-state index contributed by atoms with van der Waals surface area (Å²) in [4.78, 5) is 23.4. The third-order valence-electron chi connectivity index (χ3n) is 4.54. The summed E-state index contributed by atoms with van der Waals surface area (Å²) in [5.41, 5.74) is 1.19. The van der Waals surface area contributed by atoms with E-state index in [0.29, 0.717) is 19.6 Å². The van der Waals surface area contributed by atoms with Crippen LogP contribution in [0.15, 0.2) is 18.2 Å². The van der Waals surface area contributed by atoms with Crippen molar-refractivity contribution in [3.63, 3.8) is 0 Å². The van der Waals surface area contributed by atoms with E-state index in [0.717, 1.165) is 49.8 Å². The fourth-order valence-electron chi connectivity index (χ4n) is 2.89. The second-order valence-corrected chi connectivity index (χ2v) is 7.51. The van der Waals surface area contributed by atoms with E-state index < -0.39 is 5.60 Å². The van der Waals surface area contributed by atoms with Crippen molar-refractivity contribution in [3.8, 4) is 5.75 Å². The monoisotopic (exact) mass is 392 g/mol. The third-order valence-corrected chi connectivity index (χ3v) is 4.54. The molecular formula is C23H36O5. The zero-order valence-electron chi connectivity index (χ0n) is 18.1. The summed E-state index contributed by atoms with van der Waals surface area (Å²) in [6.45, 7) is 9.85. The molecule has 0 heterocycles. The summed E-state index contributed by atoms with van der Waals surface area (Å²) < 4.78 is 16.0. The Hall–Kier alpha value is -2.04. The van der Waals surface area contributed by atoms with Gasteiger partial charge in [-0.3, -0.25) is 4.79 Å². The lowest BCUT2D eigenvalue weighted by Crippen LogP contribution is -2.39. The Labute approximate surface area is 169 Å². The van der Waals surface area contributed by atoms with E-state index in [9.17, 15) is 9.59 Å². The van der Waals surface area contributed by atoms with Gasteiger partial charge in [-0.25, -0.2) is 4.79 Å². The Bertz CT molecular complexity index is 621. The fraction of sp³-hybridized carbons (Fsp3) is 0.652. The highest BCUT2D eigenvalue weighted by Crippen LogP contribution is 2.26. The number of hydrogen-bond donors (Lipinski definition) is 0. The molecule has 28 heavy (non-hydrogen) atoms. The fourth-order valence-corrected chi connectivity index (χ4v) is 2.89. The van der Waals surface area contributed by atoms with E-state index in [-0.39, 0.29) is 11.9 Å². The molecule has 1 aromatic carbocycles. The smallest absolute Gasteiger partial charge is 0.349 e. The first-order chi connectivity index (χ1) is 13.3. The number of rotatable bonds is 13. The average Bonchev–Trinajstić information content (AvgIpc) is 2.63. The Morgan fingerprint density at radius 3 is 2.25 bits per heavy atom. The van der Waals surface area contributed by atoms with Gasteiger partial charge >= 0.3 is 11.9 Å². The Balaban J connectivity index is 2.42. The number of carbonyl (C=O) groups is 2. The molecule has 0 fully saturated rings. The zero-order chi connectivity index (χ0) is 21.0. The predicted molar refractivity (Wildman–Crippen MR) is 111 cm³/mol. The zero-order valence-corrected chi connectivity index (χ0v) is 18.1. The average molecular weight is 393 g/mol. The van der Waals surface area contributed by atoms with Crippen molar-refractivity contribution < 1.29 is 23.8 Å². The van der Waals surface area contributed by atoms with Crippen LogP contribution in [0.4, 0.5) is 0 Å². The highest BCUT2D eigenvalue weighted by atomic mass is 16.6.